The number of benzene rings is 2. The Morgan fingerprint density at radius 2 is 1.70 bits per heavy atom. The first-order chi connectivity index (χ1) is 9.60. The van der Waals surface area contributed by atoms with Gasteiger partial charge in [0, 0.05) is 15.5 Å². The Morgan fingerprint density at radius 3 is 2.25 bits per heavy atom. The van der Waals surface area contributed by atoms with Gasteiger partial charge in [0.2, 0.25) is 0 Å². The van der Waals surface area contributed by atoms with E-state index in [0.29, 0.717) is 21.2 Å². The van der Waals surface area contributed by atoms with Crippen molar-refractivity contribution in [3.05, 3.63) is 59.1 Å². The molecule has 1 atom stereocenters. The Hall–Kier alpha value is -1.65. The smallest absolute Gasteiger partial charge is 0.175 e. The van der Waals surface area contributed by atoms with Crippen LogP contribution in [0.15, 0.2) is 53.4 Å². The molecule has 0 saturated heterocycles. The van der Waals surface area contributed by atoms with E-state index in [4.69, 9.17) is 16.3 Å². The number of carbonyl (C=O) groups is 1. The highest BCUT2D eigenvalue weighted by Crippen LogP contribution is 2.15. The molecule has 0 amide bonds. The number of Topliss-reactive ketones (excluding diaryl/α,β-unsaturated/α-hetero) is 1. The van der Waals surface area contributed by atoms with Crippen LogP contribution in [0.2, 0.25) is 5.02 Å². The molecule has 5 heteroatoms. The minimum Gasteiger partial charge on any atom is -0.497 e. The van der Waals surface area contributed by atoms with Crippen molar-refractivity contribution in [2.24, 2.45) is 0 Å². The summed E-state index contributed by atoms with van der Waals surface area (Å²) < 4.78 is 17.1. The lowest BCUT2D eigenvalue weighted by Gasteiger charge is -2.04. The second-order valence-corrected chi connectivity index (χ2v) is 5.98. The van der Waals surface area contributed by atoms with Crippen molar-refractivity contribution in [2.75, 3.05) is 12.9 Å². The van der Waals surface area contributed by atoms with Crippen LogP contribution < -0.4 is 4.74 Å². The fourth-order valence-corrected chi connectivity index (χ4v) is 2.79. The van der Waals surface area contributed by atoms with Crippen molar-refractivity contribution >= 4 is 28.2 Å². The lowest BCUT2D eigenvalue weighted by Crippen LogP contribution is -2.11. The van der Waals surface area contributed by atoms with Crippen LogP contribution in [0.5, 0.6) is 5.75 Å². The molecule has 0 bridgehead atoms. The summed E-state index contributed by atoms with van der Waals surface area (Å²) in [7, 11) is 0.193. The monoisotopic (exact) mass is 308 g/mol. The molecule has 0 aromatic heterocycles. The minimum atomic E-state index is -1.37. The van der Waals surface area contributed by atoms with Gasteiger partial charge in [0.1, 0.15) is 5.75 Å². The number of hydrogen-bond acceptors (Lipinski definition) is 3. The van der Waals surface area contributed by atoms with Crippen LogP contribution in [0.1, 0.15) is 10.4 Å². The maximum atomic E-state index is 12.1. The molecule has 0 aliphatic heterocycles. The summed E-state index contributed by atoms with van der Waals surface area (Å²) in [5.74, 6) is 0.467. The highest BCUT2D eigenvalue weighted by Gasteiger charge is 2.12. The van der Waals surface area contributed by atoms with E-state index in [-0.39, 0.29) is 11.5 Å². The predicted octanol–water partition coefficient (Wildman–Crippen LogP) is 3.34. The van der Waals surface area contributed by atoms with E-state index in [2.05, 4.69) is 0 Å². The van der Waals surface area contributed by atoms with Crippen LogP contribution in [-0.2, 0) is 10.8 Å². The zero-order chi connectivity index (χ0) is 14.5. The Balaban J connectivity index is 2.06. The molecule has 3 nitrogen and oxygen atoms in total. The average molecular weight is 309 g/mol. The van der Waals surface area contributed by atoms with Gasteiger partial charge in [-0.15, -0.1) is 0 Å². The van der Waals surface area contributed by atoms with Gasteiger partial charge in [-0.1, -0.05) is 11.6 Å². The molecule has 2 aromatic carbocycles. The molecule has 0 radical (unpaired) electrons. The second-order valence-electron chi connectivity index (χ2n) is 4.10. The molecule has 2 rings (SSSR count). The van der Waals surface area contributed by atoms with Gasteiger partial charge in [0.25, 0.3) is 0 Å². The lowest BCUT2D eigenvalue weighted by atomic mass is 10.1. The summed E-state index contributed by atoms with van der Waals surface area (Å²) in [6.45, 7) is 0. The first-order valence-corrected chi connectivity index (χ1v) is 7.61. The lowest BCUT2D eigenvalue weighted by molar-refractivity contribution is 0.102. The molecule has 0 heterocycles. The Morgan fingerprint density at radius 1 is 1.10 bits per heavy atom. The Kier molecular flexibility index (Phi) is 4.93. The number of hydrogen-bond donors (Lipinski definition) is 0. The summed E-state index contributed by atoms with van der Waals surface area (Å²) >= 11 is 5.77. The number of halogens is 1. The topological polar surface area (TPSA) is 43.4 Å². The van der Waals surface area contributed by atoms with Crippen LogP contribution in [0.4, 0.5) is 0 Å². The molecule has 104 valence electrons. The fourth-order valence-electron chi connectivity index (χ4n) is 1.65. The third kappa shape index (κ3) is 3.68. The van der Waals surface area contributed by atoms with E-state index in [9.17, 15) is 9.00 Å². The number of ketones is 1. The van der Waals surface area contributed by atoms with E-state index in [1.165, 1.54) is 0 Å². The SMILES string of the molecule is COc1ccc(C(=O)CS(=O)c2ccc(Cl)cc2)cc1. The molecular formula is C15H13ClO3S. The molecule has 0 saturated carbocycles. The first-order valence-electron chi connectivity index (χ1n) is 5.91. The fraction of sp³-hybridized carbons (Fsp3) is 0.133. The Bertz CT molecular complexity index is 621. The van der Waals surface area contributed by atoms with Crippen molar-refractivity contribution in [3.8, 4) is 5.75 Å². The number of methoxy groups -OCH3 is 1. The highest BCUT2D eigenvalue weighted by atomic mass is 35.5. The van der Waals surface area contributed by atoms with Crippen molar-refractivity contribution in [2.45, 2.75) is 4.90 Å². The van der Waals surface area contributed by atoms with Crippen LogP contribution in [0.3, 0.4) is 0 Å². The molecule has 0 aliphatic carbocycles. The van der Waals surface area contributed by atoms with Gasteiger partial charge < -0.3 is 4.74 Å². The van der Waals surface area contributed by atoms with E-state index in [1.54, 1.807) is 55.6 Å². The Labute approximate surface area is 125 Å². The molecule has 0 aliphatic rings. The van der Waals surface area contributed by atoms with Crippen LogP contribution in [0.25, 0.3) is 0 Å². The maximum Gasteiger partial charge on any atom is 0.175 e. The van der Waals surface area contributed by atoms with Crippen molar-refractivity contribution in [1.82, 2.24) is 0 Å². The van der Waals surface area contributed by atoms with Crippen molar-refractivity contribution < 1.29 is 13.7 Å². The maximum absolute atomic E-state index is 12.1. The summed E-state index contributed by atoms with van der Waals surface area (Å²) in [5.41, 5.74) is 0.521. The van der Waals surface area contributed by atoms with E-state index < -0.39 is 10.8 Å². The largest absolute Gasteiger partial charge is 0.497 e. The molecule has 0 fully saturated rings. The minimum absolute atomic E-state index is 0.0477. The third-order valence-electron chi connectivity index (χ3n) is 2.75. The van der Waals surface area contributed by atoms with Crippen molar-refractivity contribution in [1.29, 1.82) is 0 Å². The zero-order valence-electron chi connectivity index (χ0n) is 10.8. The molecular weight excluding hydrogens is 296 g/mol. The van der Waals surface area contributed by atoms with E-state index in [0.717, 1.165) is 0 Å². The van der Waals surface area contributed by atoms with E-state index in [1.807, 2.05) is 0 Å². The normalized spacial score (nSPS) is 11.9. The van der Waals surface area contributed by atoms with Gasteiger partial charge in [0.05, 0.1) is 23.7 Å². The third-order valence-corrected chi connectivity index (χ3v) is 4.33. The number of ether oxygens (including phenoxy) is 1. The van der Waals surface area contributed by atoms with Crippen LogP contribution in [0, 0.1) is 0 Å². The van der Waals surface area contributed by atoms with Gasteiger partial charge in [-0.2, -0.15) is 0 Å². The average Bonchev–Trinajstić information content (AvgIpc) is 2.48. The first kappa shape index (κ1) is 14.8. The molecule has 2 aromatic rings. The van der Waals surface area contributed by atoms with Crippen LogP contribution >= 0.6 is 11.6 Å². The second kappa shape index (κ2) is 6.68. The quantitative estimate of drug-likeness (QED) is 0.796. The summed E-state index contributed by atoms with van der Waals surface area (Å²) in [4.78, 5) is 12.6. The number of rotatable bonds is 5. The van der Waals surface area contributed by atoms with Crippen LogP contribution in [-0.4, -0.2) is 22.9 Å². The highest BCUT2D eigenvalue weighted by molar-refractivity contribution is 7.85. The standard InChI is InChI=1S/C15H13ClO3S/c1-19-13-6-2-11(3-7-13)15(17)10-20(18)14-8-4-12(16)5-9-14/h2-9H,10H2,1H3. The van der Waals surface area contributed by atoms with Gasteiger partial charge in [0.15, 0.2) is 5.78 Å². The predicted molar refractivity (Wildman–Crippen MR) is 80.1 cm³/mol. The molecule has 20 heavy (non-hydrogen) atoms. The molecule has 1 unspecified atom stereocenters. The van der Waals surface area contributed by atoms with Crippen molar-refractivity contribution in [3.63, 3.8) is 0 Å². The summed E-state index contributed by atoms with van der Waals surface area (Å²) in [5, 5.41) is 0.576. The molecule has 0 spiro atoms. The molecule has 0 N–H and O–H groups in total. The van der Waals surface area contributed by atoms with Gasteiger partial charge in [-0.05, 0) is 48.5 Å². The number of carbonyl (C=O) groups excluding carboxylic acids is 1. The van der Waals surface area contributed by atoms with Gasteiger partial charge in [-0.25, -0.2) is 0 Å². The van der Waals surface area contributed by atoms with Gasteiger partial charge in [-0.3, -0.25) is 9.00 Å². The zero-order valence-corrected chi connectivity index (χ0v) is 12.4. The summed E-state index contributed by atoms with van der Waals surface area (Å²) in [6, 6.07) is 13.4. The summed E-state index contributed by atoms with van der Waals surface area (Å²) in [6.07, 6.45) is 0. The van der Waals surface area contributed by atoms with Gasteiger partial charge >= 0.3 is 0 Å². The van der Waals surface area contributed by atoms with E-state index >= 15 is 0 Å².